The molecule has 0 saturated carbocycles. The number of aryl methyl sites for hydroxylation is 1. The molecule has 45 valence electrons. The van der Waals surface area contributed by atoms with Gasteiger partial charge < -0.3 is 0 Å². The van der Waals surface area contributed by atoms with Crippen molar-refractivity contribution in [3.8, 4) is 0 Å². The molecule has 0 nitrogen and oxygen atoms in total. The summed E-state index contributed by atoms with van der Waals surface area (Å²) in [6, 6.07) is 10.3. The number of hydrogen-bond donors (Lipinski definition) is 0. The average Bonchev–Trinajstić information content (AvgIpc) is 1.69. The molecular weight excluding hydrogens is 276 g/mol. The Kier molecular flexibility index (Phi) is 3.76. The molecule has 0 N–H and O–H groups in total. The summed E-state index contributed by atoms with van der Waals surface area (Å²) in [5, 5.41) is 0. The fourth-order valence-electron chi connectivity index (χ4n) is 0.534. The molecule has 0 spiro atoms. The molecule has 0 saturated heterocycles. The molecule has 8 heavy (non-hydrogen) atoms. The van der Waals surface area contributed by atoms with Crippen LogP contribution in [-0.2, 0) is 20.1 Å². The Balaban J connectivity index is 0.000000490. The molecule has 0 aromatic heterocycles. The molecule has 1 aromatic carbocycles. The molecule has 0 aliphatic carbocycles. The Bertz CT molecular complexity index is 134. The van der Waals surface area contributed by atoms with Gasteiger partial charge in [-0.2, -0.15) is 0 Å². The number of hydrogen-bond acceptors (Lipinski definition) is 0. The molecule has 0 aliphatic rings. The van der Waals surface area contributed by atoms with Gasteiger partial charge >= 0.3 is 0 Å². The zero-order valence-corrected chi connectivity index (χ0v) is 7.12. The summed E-state index contributed by atoms with van der Waals surface area (Å²) in [6.45, 7) is 2.08. The second kappa shape index (κ2) is 3.82. The van der Waals surface area contributed by atoms with E-state index in [9.17, 15) is 0 Å². The first-order chi connectivity index (χ1) is 3.39. The van der Waals surface area contributed by atoms with E-state index in [1.165, 1.54) is 5.56 Å². The first kappa shape index (κ1) is 7.87. The van der Waals surface area contributed by atoms with Gasteiger partial charge in [-0.15, -0.1) is 0 Å². The van der Waals surface area contributed by atoms with E-state index in [0.29, 0.717) is 0 Å². The van der Waals surface area contributed by atoms with E-state index in [-0.39, 0.29) is 20.1 Å². The molecule has 1 aromatic rings. The minimum Gasteiger partial charge on any atom is -0.0622 e. The van der Waals surface area contributed by atoms with Crippen LogP contribution in [0.25, 0.3) is 0 Å². The fraction of sp³-hybridized carbons (Fsp3) is 0.143. The monoisotopic (exact) mass is 285 g/mol. The minimum atomic E-state index is 0. The summed E-state index contributed by atoms with van der Waals surface area (Å²) >= 11 is 0. The van der Waals surface area contributed by atoms with Crippen molar-refractivity contribution in [3.05, 3.63) is 35.9 Å². The molecular formula is C7H8Ir. The predicted molar refractivity (Wildman–Crippen MR) is 31.2 cm³/mol. The molecule has 1 radical (unpaired) electrons. The van der Waals surface area contributed by atoms with Crippen LogP contribution >= 0.6 is 0 Å². The maximum absolute atomic E-state index is 2.08. The number of benzene rings is 1. The largest absolute Gasteiger partial charge is 0.0622 e. The van der Waals surface area contributed by atoms with E-state index >= 15 is 0 Å². The van der Waals surface area contributed by atoms with Crippen molar-refractivity contribution in [2.45, 2.75) is 6.92 Å². The Hall–Kier alpha value is -0.131. The standard InChI is InChI=1S/C7H8.Ir/c1-7-5-3-2-4-6-7;/h2-6H,1H3;. The van der Waals surface area contributed by atoms with Gasteiger partial charge in [-0.05, 0) is 6.92 Å². The van der Waals surface area contributed by atoms with Gasteiger partial charge in [0.2, 0.25) is 0 Å². The van der Waals surface area contributed by atoms with Crippen LogP contribution in [0.4, 0.5) is 0 Å². The third-order valence-corrected chi connectivity index (χ3v) is 0.940. The van der Waals surface area contributed by atoms with Crippen molar-refractivity contribution < 1.29 is 20.1 Å². The average molecular weight is 284 g/mol. The molecule has 1 heteroatoms. The van der Waals surface area contributed by atoms with Gasteiger partial charge in [0.05, 0.1) is 0 Å². The number of rotatable bonds is 0. The second-order valence-corrected chi connectivity index (χ2v) is 1.65. The summed E-state index contributed by atoms with van der Waals surface area (Å²) in [4.78, 5) is 0. The van der Waals surface area contributed by atoms with Gasteiger partial charge in [0, 0.05) is 20.1 Å². The molecule has 0 amide bonds. The van der Waals surface area contributed by atoms with Crippen molar-refractivity contribution in [3.63, 3.8) is 0 Å². The topological polar surface area (TPSA) is 0 Å². The molecule has 0 heterocycles. The van der Waals surface area contributed by atoms with Crippen LogP contribution in [-0.4, -0.2) is 0 Å². The van der Waals surface area contributed by atoms with Crippen LogP contribution in [0.3, 0.4) is 0 Å². The Labute approximate surface area is 63.3 Å². The summed E-state index contributed by atoms with van der Waals surface area (Å²) < 4.78 is 0. The molecule has 0 atom stereocenters. The van der Waals surface area contributed by atoms with E-state index in [0.717, 1.165) is 0 Å². The van der Waals surface area contributed by atoms with E-state index in [2.05, 4.69) is 19.1 Å². The van der Waals surface area contributed by atoms with Gasteiger partial charge in [0.25, 0.3) is 0 Å². The SMILES string of the molecule is Cc1ccccc1.[Ir]. The van der Waals surface area contributed by atoms with Crippen LogP contribution < -0.4 is 0 Å². The zero-order chi connectivity index (χ0) is 5.11. The van der Waals surface area contributed by atoms with Crippen molar-refractivity contribution in [1.29, 1.82) is 0 Å². The second-order valence-electron chi connectivity index (χ2n) is 1.65. The first-order valence-corrected chi connectivity index (χ1v) is 2.41. The summed E-state index contributed by atoms with van der Waals surface area (Å²) in [7, 11) is 0. The molecule has 0 aliphatic heterocycles. The third kappa shape index (κ3) is 2.25. The van der Waals surface area contributed by atoms with E-state index in [1.807, 2.05) is 18.2 Å². The van der Waals surface area contributed by atoms with E-state index < -0.39 is 0 Å². The van der Waals surface area contributed by atoms with Crippen LogP contribution in [0, 0.1) is 6.92 Å². The van der Waals surface area contributed by atoms with Crippen LogP contribution in [0.1, 0.15) is 5.56 Å². The quantitative estimate of drug-likeness (QED) is 0.683. The molecule has 0 unspecified atom stereocenters. The Morgan fingerprint density at radius 1 is 1.00 bits per heavy atom. The maximum atomic E-state index is 2.08. The normalized spacial score (nSPS) is 7.62. The third-order valence-electron chi connectivity index (χ3n) is 0.940. The van der Waals surface area contributed by atoms with Crippen LogP contribution in [0.15, 0.2) is 30.3 Å². The first-order valence-electron chi connectivity index (χ1n) is 2.41. The fourth-order valence-corrected chi connectivity index (χ4v) is 0.534. The van der Waals surface area contributed by atoms with E-state index in [1.54, 1.807) is 0 Å². The van der Waals surface area contributed by atoms with Crippen molar-refractivity contribution in [1.82, 2.24) is 0 Å². The molecule has 1 rings (SSSR count). The zero-order valence-electron chi connectivity index (χ0n) is 4.72. The van der Waals surface area contributed by atoms with Gasteiger partial charge in [-0.1, -0.05) is 35.9 Å². The van der Waals surface area contributed by atoms with Crippen molar-refractivity contribution in [2.24, 2.45) is 0 Å². The Morgan fingerprint density at radius 3 is 1.75 bits per heavy atom. The van der Waals surface area contributed by atoms with Crippen molar-refractivity contribution >= 4 is 0 Å². The van der Waals surface area contributed by atoms with E-state index in [4.69, 9.17) is 0 Å². The minimum absolute atomic E-state index is 0. The molecule has 0 fully saturated rings. The molecule has 0 bridgehead atoms. The van der Waals surface area contributed by atoms with Gasteiger partial charge in [-0.3, -0.25) is 0 Å². The summed E-state index contributed by atoms with van der Waals surface area (Å²) in [6.07, 6.45) is 0. The van der Waals surface area contributed by atoms with Crippen LogP contribution in [0.5, 0.6) is 0 Å². The van der Waals surface area contributed by atoms with Gasteiger partial charge in [0.15, 0.2) is 0 Å². The van der Waals surface area contributed by atoms with Crippen molar-refractivity contribution in [2.75, 3.05) is 0 Å². The summed E-state index contributed by atoms with van der Waals surface area (Å²) in [5.74, 6) is 0. The van der Waals surface area contributed by atoms with Gasteiger partial charge in [0.1, 0.15) is 0 Å². The maximum Gasteiger partial charge on any atom is 0 e. The van der Waals surface area contributed by atoms with Crippen LogP contribution in [0.2, 0.25) is 0 Å². The van der Waals surface area contributed by atoms with Gasteiger partial charge in [-0.25, -0.2) is 0 Å². The smallest absolute Gasteiger partial charge is 0 e. The summed E-state index contributed by atoms with van der Waals surface area (Å²) in [5.41, 5.74) is 1.32. The predicted octanol–water partition coefficient (Wildman–Crippen LogP) is 1.99. The Morgan fingerprint density at radius 2 is 1.50 bits per heavy atom.